The van der Waals surface area contributed by atoms with Gasteiger partial charge in [-0.05, 0) is 38.1 Å². The van der Waals surface area contributed by atoms with Crippen molar-refractivity contribution in [3.8, 4) is 5.75 Å². The van der Waals surface area contributed by atoms with Gasteiger partial charge in [-0.15, -0.1) is 0 Å². The van der Waals surface area contributed by atoms with E-state index >= 15 is 0 Å². The summed E-state index contributed by atoms with van der Waals surface area (Å²) in [5.41, 5.74) is 0.829. The molecular formula is C12H18N2O2. The van der Waals surface area contributed by atoms with Gasteiger partial charge >= 0.3 is 6.03 Å². The highest BCUT2D eigenvalue weighted by Crippen LogP contribution is 2.19. The van der Waals surface area contributed by atoms with Gasteiger partial charge in [0.05, 0.1) is 6.10 Å². The van der Waals surface area contributed by atoms with Crippen LogP contribution in [-0.2, 0) is 0 Å². The normalized spacial score (nSPS) is 10.1. The number of urea groups is 1. The van der Waals surface area contributed by atoms with Crippen LogP contribution >= 0.6 is 0 Å². The van der Waals surface area contributed by atoms with Crippen LogP contribution in [0.5, 0.6) is 5.75 Å². The van der Waals surface area contributed by atoms with Gasteiger partial charge in [0.2, 0.25) is 0 Å². The number of nitrogens with zero attached hydrogens (tertiary/aromatic N) is 1. The summed E-state index contributed by atoms with van der Waals surface area (Å²) in [7, 11) is 3.33. The summed E-state index contributed by atoms with van der Waals surface area (Å²) in [6.07, 6.45) is 0.155. The van der Waals surface area contributed by atoms with Gasteiger partial charge in [0.15, 0.2) is 0 Å². The molecule has 0 spiro atoms. The molecule has 0 atom stereocenters. The molecule has 4 heteroatoms. The van der Waals surface area contributed by atoms with E-state index in [4.69, 9.17) is 4.74 Å². The van der Waals surface area contributed by atoms with Crippen LogP contribution in [0.4, 0.5) is 10.5 Å². The summed E-state index contributed by atoms with van der Waals surface area (Å²) in [6, 6.07) is 7.28. The number of carbonyl (C=O) groups is 1. The molecule has 1 rings (SSSR count). The molecule has 0 fully saturated rings. The van der Waals surface area contributed by atoms with Gasteiger partial charge in [-0.2, -0.15) is 0 Å². The van der Waals surface area contributed by atoms with E-state index in [-0.39, 0.29) is 12.1 Å². The van der Waals surface area contributed by atoms with E-state index in [1.807, 2.05) is 38.1 Å². The highest BCUT2D eigenvalue weighted by atomic mass is 16.5. The predicted molar refractivity (Wildman–Crippen MR) is 65.1 cm³/mol. The number of rotatable bonds is 3. The SMILES string of the molecule is CNC(=O)N(C)c1ccc(OC(C)C)cc1. The second-order valence-corrected chi connectivity index (χ2v) is 3.77. The largest absolute Gasteiger partial charge is 0.491 e. The van der Waals surface area contributed by atoms with Crippen molar-refractivity contribution in [1.29, 1.82) is 0 Å². The van der Waals surface area contributed by atoms with Gasteiger partial charge < -0.3 is 10.1 Å². The van der Waals surface area contributed by atoms with Crippen molar-refractivity contribution in [1.82, 2.24) is 5.32 Å². The number of hydrogen-bond acceptors (Lipinski definition) is 2. The Labute approximate surface area is 96.2 Å². The predicted octanol–water partition coefficient (Wildman–Crippen LogP) is 2.25. The third kappa shape index (κ3) is 3.15. The van der Waals surface area contributed by atoms with Crippen molar-refractivity contribution in [3.05, 3.63) is 24.3 Å². The van der Waals surface area contributed by atoms with E-state index in [2.05, 4.69) is 5.32 Å². The number of anilines is 1. The Kier molecular flexibility index (Phi) is 4.17. The van der Waals surface area contributed by atoms with E-state index in [9.17, 15) is 4.79 Å². The molecule has 4 nitrogen and oxygen atoms in total. The van der Waals surface area contributed by atoms with Gasteiger partial charge in [0.25, 0.3) is 0 Å². The average Bonchev–Trinajstić information content (AvgIpc) is 2.27. The molecule has 0 unspecified atom stereocenters. The monoisotopic (exact) mass is 222 g/mol. The van der Waals surface area contributed by atoms with Crippen LogP contribution in [0.1, 0.15) is 13.8 Å². The molecule has 0 aliphatic carbocycles. The van der Waals surface area contributed by atoms with Crippen molar-refractivity contribution in [2.75, 3.05) is 19.0 Å². The van der Waals surface area contributed by atoms with Crippen LogP contribution < -0.4 is 15.0 Å². The maximum atomic E-state index is 11.4. The molecule has 1 aromatic rings. The van der Waals surface area contributed by atoms with Crippen LogP contribution in [0.3, 0.4) is 0 Å². The Morgan fingerprint density at radius 3 is 2.31 bits per heavy atom. The van der Waals surface area contributed by atoms with Crippen LogP contribution in [-0.4, -0.2) is 26.2 Å². The first-order chi connectivity index (χ1) is 7.54. The smallest absolute Gasteiger partial charge is 0.321 e. The van der Waals surface area contributed by atoms with Crippen molar-refractivity contribution in [2.24, 2.45) is 0 Å². The lowest BCUT2D eigenvalue weighted by atomic mass is 10.3. The zero-order valence-electron chi connectivity index (χ0n) is 10.2. The summed E-state index contributed by atoms with van der Waals surface area (Å²) in [4.78, 5) is 12.9. The van der Waals surface area contributed by atoms with E-state index in [1.54, 1.807) is 19.0 Å². The zero-order valence-corrected chi connectivity index (χ0v) is 10.2. The number of hydrogen-bond donors (Lipinski definition) is 1. The fourth-order valence-corrected chi connectivity index (χ4v) is 1.31. The maximum Gasteiger partial charge on any atom is 0.321 e. The summed E-state index contributed by atoms with van der Waals surface area (Å²) in [6.45, 7) is 3.95. The molecule has 0 aliphatic rings. The zero-order chi connectivity index (χ0) is 12.1. The Morgan fingerprint density at radius 1 is 1.31 bits per heavy atom. The van der Waals surface area contributed by atoms with Crippen LogP contribution in [0.25, 0.3) is 0 Å². The quantitative estimate of drug-likeness (QED) is 0.852. The number of ether oxygens (including phenoxy) is 1. The van der Waals surface area contributed by atoms with Crippen LogP contribution in [0.2, 0.25) is 0 Å². The summed E-state index contributed by atoms with van der Waals surface area (Å²) >= 11 is 0. The number of amides is 2. The fraction of sp³-hybridized carbons (Fsp3) is 0.417. The fourth-order valence-electron chi connectivity index (χ4n) is 1.31. The molecule has 1 N–H and O–H groups in total. The molecule has 16 heavy (non-hydrogen) atoms. The first-order valence-electron chi connectivity index (χ1n) is 5.26. The lowest BCUT2D eigenvalue weighted by molar-refractivity contribution is 0.242. The molecule has 88 valence electrons. The van der Waals surface area contributed by atoms with Crippen molar-refractivity contribution >= 4 is 11.7 Å². The van der Waals surface area contributed by atoms with Gasteiger partial charge in [0, 0.05) is 19.8 Å². The Bertz CT molecular complexity index is 347. The molecule has 0 bridgehead atoms. The van der Waals surface area contributed by atoms with Gasteiger partial charge in [0.1, 0.15) is 5.75 Å². The third-order valence-electron chi connectivity index (χ3n) is 2.11. The molecule has 0 aromatic heterocycles. The number of carbonyl (C=O) groups excluding carboxylic acids is 1. The van der Waals surface area contributed by atoms with Crippen molar-refractivity contribution in [3.63, 3.8) is 0 Å². The second kappa shape index (κ2) is 5.39. The molecular weight excluding hydrogens is 204 g/mol. The standard InChI is InChI=1S/C12H18N2O2/c1-9(2)16-11-7-5-10(6-8-11)14(4)12(15)13-3/h5-9H,1-4H3,(H,13,15). The Balaban J connectivity index is 2.74. The minimum Gasteiger partial charge on any atom is -0.491 e. The van der Waals surface area contributed by atoms with Crippen LogP contribution in [0, 0.1) is 0 Å². The molecule has 0 saturated carbocycles. The van der Waals surface area contributed by atoms with E-state index in [0.29, 0.717) is 0 Å². The lowest BCUT2D eigenvalue weighted by Gasteiger charge is -2.17. The molecule has 0 saturated heterocycles. The minimum absolute atomic E-state index is 0.141. The second-order valence-electron chi connectivity index (χ2n) is 3.77. The molecule has 1 aromatic carbocycles. The highest BCUT2D eigenvalue weighted by Gasteiger charge is 2.08. The van der Waals surface area contributed by atoms with E-state index in [1.165, 1.54) is 0 Å². The van der Waals surface area contributed by atoms with E-state index < -0.39 is 0 Å². The summed E-state index contributed by atoms with van der Waals surface area (Å²) in [5, 5.41) is 2.57. The molecule has 2 amide bonds. The highest BCUT2D eigenvalue weighted by molar-refractivity contribution is 5.91. The topological polar surface area (TPSA) is 41.6 Å². The van der Waals surface area contributed by atoms with Crippen molar-refractivity contribution < 1.29 is 9.53 Å². The third-order valence-corrected chi connectivity index (χ3v) is 2.11. The van der Waals surface area contributed by atoms with Crippen LogP contribution in [0.15, 0.2) is 24.3 Å². The van der Waals surface area contributed by atoms with E-state index in [0.717, 1.165) is 11.4 Å². The average molecular weight is 222 g/mol. The maximum absolute atomic E-state index is 11.4. The van der Waals surface area contributed by atoms with Gasteiger partial charge in [-0.3, -0.25) is 4.90 Å². The van der Waals surface area contributed by atoms with Crippen molar-refractivity contribution in [2.45, 2.75) is 20.0 Å². The first-order valence-corrected chi connectivity index (χ1v) is 5.26. The van der Waals surface area contributed by atoms with Gasteiger partial charge in [-0.25, -0.2) is 4.79 Å². The summed E-state index contributed by atoms with van der Waals surface area (Å²) < 4.78 is 5.52. The molecule has 0 radical (unpaired) electrons. The molecule has 0 aliphatic heterocycles. The summed E-state index contributed by atoms with van der Waals surface area (Å²) in [5.74, 6) is 0.809. The lowest BCUT2D eigenvalue weighted by Crippen LogP contribution is -2.34. The Hall–Kier alpha value is -1.71. The number of nitrogens with one attached hydrogen (secondary N) is 1. The minimum atomic E-state index is -0.141. The Morgan fingerprint density at radius 2 is 1.88 bits per heavy atom. The number of benzene rings is 1. The first kappa shape index (κ1) is 12.4. The molecule has 0 heterocycles. The van der Waals surface area contributed by atoms with Gasteiger partial charge in [-0.1, -0.05) is 0 Å².